The molecule has 0 radical (unpaired) electrons. The van der Waals surface area contributed by atoms with Gasteiger partial charge < -0.3 is 4.57 Å². The summed E-state index contributed by atoms with van der Waals surface area (Å²) >= 11 is 5.95. The summed E-state index contributed by atoms with van der Waals surface area (Å²) < 4.78 is 1.51. The van der Waals surface area contributed by atoms with Crippen molar-refractivity contribution in [1.82, 2.24) is 9.55 Å². The highest BCUT2D eigenvalue weighted by Gasteiger charge is 2.11. The third-order valence-electron chi connectivity index (χ3n) is 3.27. The lowest BCUT2D eigenvalue weighted by atomic mass is 10.2. The van der Waals surface area contributed by atoms with Gasteiger partial charge in [-0.05, 0) is 23.8 Å². The summed E-state index contributed by atoms with van der Waals surface area (Å²) in [5.74, 6) is 0. The van der Waals surface area contributed by atoms with E-state index >= 15 is 0 Å². The largest absolute Gasteiger partial charge is 0.301 e. The minimum Gasteiger partial charge on any atom is -0.301 e. The molecule has 0 bridgehead atoms. The van der Waals surface area contributed by atoms with E-state index in [0.29, 0.717) is 22.6 Å². The van der Waals surface area contributed by atoms with Crippen LogP contribution in [0.25, 0.3) is 11.0 Å². The Hall–Kier alpha value is -2.73. The molecular formula is C15H10ClN3O3. The molecule has 0 saturated heterocycles. The molecule has 0 aliphatic heterocycles. The molecule has 0 amide bonds. The first-order valence-electron chi connectivity index (χ1n) is 6.43. The summed E-state index contributed by atoms with van der Waals surface area (Å²) in [5, 5.41) is 11.4. The number of nitrogens with zero attached hydrogens (tertiary/aromatic N) is 3. The molecule has 0 unspecified atom stereocenters. The van der Waals surface area contributed by atoms with Crippen molar-refractivity contribution in [3.05, 3.63) is 79.7 Å². The van der Waals surface area contributed by atoms with Gasteiger partial charge in [0.05, 0.1) is 28.7 Å². The van der Waals surface area contributed by atoms with Crippen LogP contribution in [0, 0.1) is 10.1 Å². The second kappa shape index (κ2) is 5.57. The molecule has 1 aromatic heterocycles. The van der Waals surface area contributed by atoms with Crippen LogP contribution in [-0.4, -0.2) is 14.5 Å². The fourth-order valence-electron chi connectivity index (χ4n) is 2.25. The maximum Gasteiger partial charge on any atom is 0.271 e. The molecule has 3 rings (SSSR count). The van der Waals surface area contributed by atoms with E-state index in [1.165, 1.54) is 22.8 Å². The van der Waals surface area contributed by atoms with Crippen LogP contribution in [0.1, 0.15) is 5.56 Å². The number of hydrogen-bond acceptors (Lipinski definition) is 4. The highest BCUT2D eigenvalue weighted by Crippen LogP contribution is 2.19. The monoisotopic (exact) mass is 315 g/mol. The van der Waals surface area contributed by atoms with Crippen molar-refractivity contribution in [3.8, 4) is 0 Å². The van der Waals surface area contributed by atoms with E-state index in [1.807, 2.05) is 6.07 Å². The predicted octanol–water partition coefficient (Wildman–Crippen LogP) is 3.01. The molecule has 7 heteroatoms. The molecule has 0 atom stereocenters. The number of halogens is 1. The summed E-state index contributed by atoms with van der Waals surface area (Å²) in [7, 11) is 0. The topological polar surface area (TPSA) is 78.0 Å². The van der Waals surface area contributed by atoms with Gasteiger partial charge in [0.2, 0.25) is 0 Å². The molecule has 0 saturated carbocycles. The number of benzene rings is 2. The van der Waals surface area contributed by atoms with Crippen molar-refractivity contribution in [2.75, 3.05) is 0 Å². The smallest absolute Gasteiger partial charge is 0.271 e. The third-order valence-corrected chi connectivity index (χ3v) is 3.51. The van der Waals surface area contributed by atoms with Crippen LogP contribution in [-0.2, 0) is 6.54 Å². The SMILES string of the molecule is O=c1cnc2cc([N+](=O)[O-])ccc2n1Cc1cccc(Cl)c1. The lowest BCUT2D eigenvalue weighted by Gasteiger charge is -2.09. The first-order valence-corrected chi connectivity index (χ1v) is 6.81. The normalized spacial score (nSPS) is 10.8. The Morgan fingerprint density at radius 3 is 2.77 bits per heavy atom. The Balaban J connectivity index is 2.14. The van der Waals surface area contributed by atoms with E-state index in [1.54, 1.807) is 18.2 Å². The number of nitro groups is 1. The molecule has 0 fully saturated rings. The van der Waals surface area contributed by atoms with Gasteiger partial charge in [-0.15, -0.1) is 0 Å². The maximum atomic E-state index is 12.1. The summed E-state index contributed by atoms with van der Waals surface area (Å²) in [6.07, 6.45) is 1.16. The van der Waals surface area contributed by atoms with Crippen molar-refractivity contribution in [1.29, 1.82) is 0 Å². The summed E-state index contributed by atoms with van der Waals surface area (Å²) in [5.41, 5.74) is 1.46. The third kappa shape index (κ3) is 2.68. The molecule has 1 heterocycles. The lowest BCUT2D eigenvalue weighted by Crippen LogP contribution is -2.21. The van der Waals surface area contributed by atoms with E-state index in [9.17, 15) is 14.9 Å². The van der Waals surface area contributed by atoms with Gasteiger partial charge >= 0.3 is 0 Å². The standard InChI is InChI=1S/C15H10ClN3O3/c16-11-3-1-2-10(6-11)9-18-14-5-4-12(19(21)22)7-13(14)17-8-15(18)20/h1-8H,9H2. The van der Waals surface area contributed by atoms with Crippen LogP contribution in [0.2, 0.25) is 5.02 Å². The predicted molar refractivity (Wildman–Crippen MR) is 83.2 cm³/mol. The average molecular weight is 316 g/mol. The van der Waals surface area contributed by atoms with Crippen LogP contribution in [0.5, 0.6) is 0 Å². The van der Waals surface area contributed by atoms with Crippen molar-refractivity contribution < 1.29 is 4.92 Å². The molecule has 0 aliphatic rings. The average Bonchev–Trinajstić information content (AvgIpc) is 2.49. The minimum atomic E-state index is -0.493. The summed E-state index contributed by atoms with van der Waals surface area (Å²) in [6, 6.07) is 11.4. The molecular weight excluding hydrogens is 306 g/mol. The maximum absolute atomic E-state index is 12.1. The van der Waals surface area contributed by atoms with Crippen LogP contribution in [0.4, 0.5) is 5.69 Å². The van der Waals surface area contributed by atoms with Crippen LogP contribution < -0.4 is 5.56 Å². The van der Waals surface area contributed by atoms with Gasteiger partial charge in [0.1, 0.15) is 0 Å². The van der Waals surface area contributed by atoms with Crippen molar-refractivity contribution in [3.63, 3.8) is 0 Å². The van der Waals surface area contributed by atoms with E-state index < -0.39 is 4.92 Å². The van der Waals surface area contributed by atoms with Crippen molar-refractivity contribution >= 4 is 28.3 Å². The number of fused-ring (bicyclic) bond motifs is 1. The quantitative estimate of drug-likeness (QED) is 0.550. The lowest BCUT2D eigenvalue weighted by molar-refractivity contribution is -0.384. The van der Waals surface area contributed by atoms with E-state index in [2.05, 4.69) is 4.98 Å². The van der Waals surface area contributed by atoms with Crippen LogP contribution >= 0.6 is 11.6 Å². The van der Waals surface area contributed by atoms with Gasteiger partial charge in [0.15, 0.2) is 0 Å². The van der Waals surface area contributed by atoms with E-state index in [-0.39, 0.29) is 11.2 Å². The number of non-ortho nitro benzene ring substituents is 1. The zero-order valence-corrected chi connectivity index (χ0v) is 12.0. The summed E-state index contributed by atoms with van der Waals surface area (Å²) in [4.78, 5) is 26.4. The van der Waals surface area contributed by atoms with Crippen LogP contribution in [0.3, 0.4) is 0 Å². The van der Waals surface area contributed by atoms with Crippen molar-refractivity contribution in [2.24, 2.45) is 0 Å². The second-order valence-corrected chi connectivity index (χ2v) is 5.18. The highest BCUT2D eigenvalue weighted by molar-refractivity contribution is 6.30. The fourth-order valence-corrected chi connectivity index (χ4v) is 2.46. The molecule has 2 aromatic carbocycles. The van der Waals surface area contributed by atoms with Crippen LogP contribution in [0.15, 0.2) is 53.5 Å². The first kappa shape index (κ1) is 14.2. The minimum absolute atomic E-state index is 0.0621. The first-order chi connectivity index (χ1) is 10.5. The highest BCUT2D eigenvalue weighted by atomic mass is 35.5. The molecule has 0 N–H and O–H groups in total. The van der Waals surface area contributed by atoms with Gasteiger partial charge in [-0.25, -0.2) is 4.98 Å². The van der Waals surface area contributed by atoms with E-state index in [0.717, 1.165) is 11.8 Å². The Kier molecular flexibility index (Phi) is 3.60. The van der Waals surface area contributed by atoms with Crippen molar-refractivity contribution in [2.45, 2.75) is 6.54 Å². The zero-order valence-electron chi connectivity index (χ0n) is 11.3. The molecule has 3 aromatic rings. The molecule has 0 aliphatic carbocycles. The molecule has 110 valence electrons. The Bertz CT molecular complexity index is 937. The number of hydrogen-bond donors (Lipinski definition) is 0. The zero-order chi connectivity index (χ0) is 15.7. The Morgan fingerprint density at radius 2 is 2.05 bits per heavy atom. The number of nitro benzene ring substituents is 1. The fraction of sp³-hybridized carbons (Fsp3) is 0.0667. The Labute approximate surface area is 129 Å². The second-order valence-electron chi connectivity index (χ2n) is 4.74. The van der Waals surface area contributed by atoms with Gasteiger partial charge in [-0.2, -0.15) is 0 Å². The Morgan fingerprint density at radius 1 is 1.23 bits per heavy atom. The van der Waals surface area contributed by atoms with E-state index in [4.69, 9.17) is 11.6 Å². The number of aromatic nitrogens is 2. The van der Waals surface area contributed by atoms with Gasteiger partial charge in [-0.3, -0.25) is 14.9 Å². The summed E-state index contributed by atoms with van der Waals surface area (Å²) in [6.45, 7) is 0.316. The number of rotatable bonds is 3. The molecule has 0 spiro atoms. The molecule has 6 nitrogen and oxygen atoms in total. The molecule has 22 heavy (non-hydrogen) atoms. The van der Waals surface area contributed by atoms with Gasteiger partial charge in [-0.1, -0.05) is 23.7 Å². The van der Waals surface area contributed by atoms with Gasteiger partial charge in [0, 0.05) is 17.2 Å². The van der Waals surface area contributed by atoms with Gasteiger partial charge in [0.25, 0.3) is 11.2 Å².